The maximum atomic E-state index is 9.69. The SMILES string of the molecule is C=CCN(CC)c1ccc([C@@H](O)CC)cc1. The number of likely N-dealkylation sites (N-methyl/N-ethyl adjacent to an activating group) is 1. The second-order valence-electron chi connectivity index (χ2n) is 3.84. The van der Waals surface area contributed by atoms with E-state index in [1.165, 1.54) is 5.69 Å². The average Bonchev–Trinajstić information content (AvgIpc) is 2.35. The Morgan fingerprint density at radius 2 is 1.94 bits per heavy atom. The quantitative estimate of drug-likeness (QED) is 0.743. The van der Waals surface area contributed by atoms with E-state index in [0.717, 1.165) is 25.1 Å². The van der Waals surface area contributed by atoms with Gasteiger partial charge in [-0.1, -0.05) is 25.1 Å². The first-order valence-electron chi connectivity index (χ1n) is 5.86. The zero-order valence-electron chi connectivity index (χ0n) is 10.2. The molecular weight excluding hydrogens is 198 g/mol. The lowest BCUT2D eigenvalue weighted by Crippen LogP contribution is -2.22. The highest BCUT2D eigenvalue weighted by Crippen LogP contribution is 2.20. The monoisotopic (exact) mass is 219 g/mol. The molecule has 0 heterocycles. The van der Waals surface area contributed by atoms with Crippen molar-refractivity contribution in [2.75, 3.05) is 18.0 Å². The molecular formula is C14H21NO. The summed E-state index contributed by atoms with van der Waals surface area (Å²) in [4.78, 5) is 2.23. The molecule has 1 N–H and O–H groups in total. The van der Waals surface area contributed by atoms with Gasteiger partial charge in [-0.3, -0.25) is 0 Å². The van der Waals surface area contributed by atoms with Crippen LogP contribution in [0.3, 0.4) is 0 Å². The fraction of sp³-hybridized carbons (Fsp3) is 0.429. The van der Waals surface area contributed by atoms with Crippen LogP contribution < -0.4 is 4.90 Å². The standard InChI is InChI=1S/C14H21NO/c1-4-11-15(6-3)13-9-7-12(8-10-13)14(16)5-2/h4,7-10,14,16H,1,5-6,11H2,2-3H3/t14-/m0/s1. The summed E-state index contributed by atoms with van der Waals surface area (Å²) in [6.45, 7) is 9.67. The van der Waals surface area contributed by atoms with Crippen molar-refractivity contribution in [3.05, 3.63) is 42.5 Å². The third-order valence-corrected chi connectivity index (χ3v) is 2.76. The van der Waals surface area contributed by atoms with Gasteiger partial charge in [-0.2, -0.15) is 0 Å². The fourth-order valence-corrected chi connectivity index (χ4v) is 1.72. The van der Waals surface area contributed by atoms with Gasteiger partial charge >= 0.3 is 0 Å². The lowest BCUT2D eigenvalue weighted by atomic mass is 10.1. The maximum Gasteiger partial charge on any atom is 0.0787 e. The molecule has 1 atom stereocenters. The smallest absolute Gasteiger partial charge is 0.0787 e. The van der Waals surface area contributed by atoms with Gasteiger partial charge in [0, 0.05) is 18.8 Å². The Kier molecular flexibility index (Phi) is 5.06. The van der Waals surface area contributed by atoms with Gasteiger partial charge in [0.05, 0.1) is 6.10 Å². The summed E-state index contributed by atoms with van der Waals surface area (Å²) in [5.41, 5.74) is 2.16. The number of rotatable bonds is 6. The molecule has 1 aromatic rings. The lowest BCUT2D eigenvalue weighted by Gasteiger charge is -2.21. The van der Waals surface area contributed by atoms with E-state index in [9.17, 15) is 5.11 Å². The zero-order chi connectivity index (χ0) is 12.0. The van der Waals surface area contributed by atoms with Crippen molar-refractivity contribution < 1.29 is 5.11 Å². The number of nitrogens with zero attached hydrogens (tertiary/aromatic N) is 1. The number of hydrogen-bond acceptors (Lipinski definition) is 2. The van der Waals surface area contributed by atoms with Crippen molar-refractivity contribution in [1.29, 1.82) is 0 Å². The van der Waals surface area contributed by atoms with Crippen LogP contribution in [-0.2, 0) is 0 Å². The van der Waals surface area contributed by atoms with Gasteiger partial charge in [0.25, 0.3) is 0 Å². The van der Waals surface area contributed by atoms with Gasteiger partial charge in [-0.05, 0) is 31.0 Å². The first-order chi connectivity index (χ1) is 7.72. The van der Waals surface area contributed by atoms with Crippen molar-refractivity contribution in [1.82, 2.24) is 0 Å². The Hall–Kier alpha value is -1.28. The molecule has 0 fully saturated rings. The van der Waals surface area contributed by atoms with Crippen LogP contribution in [0.2, 0.25) is 0 Å². The number of benzene rings is 1. The lowest BCUT2D eigenvalue weighted by molar-refractivity contribution is 0.173. The largest absolute Gasteiger partial charge is 0.388 e. The molecule has 0 radical (unpaired) electrons. The molecule has 1 aromatic carbocycles. The van der Waals surface area contributed by atoms with Crippen LogP contribution in [-0.4, -0.2) is 18.2 Å². The minimum Gasteiger partial charge on any atom is -0.388 e. The second kappa shape index (κ2) is 6.33. The zero-order valence-corrected chi connectivity index (χ0v) is 10.2. The van der Waals surface area contributed by atoms with Crippen LogP contribution in [0.25, 0.3) is 0 Å². The molecule has 0 aliphatic rings. The highest BCUT2D eigenvalue weighted by Gasteiger charge is 2.06. The minimum atomic E-state index is -0.344. The van der Waals surface area contributed by atoms with E-state index in [1.807, 2.05) is 25.1 Å². The number of anilines is 1. The summed E-state index contributed by atoms with van der Waals surface area (Å²) in [6.07, 6.45) is 2.31. The molecule has 2 heteroatoms. The van der Waals surface area contributed by atoms with E-state index >= 15 is 0 Å². The van der Waals surface area contributed by atoms with Crippen LogP contribution >= 0.6 is 0 Å². The van der Waals surface area contributed by atoms with Crippen molar-refractivity contribution in [2.24, 2.45) is 0 Å². The maximum absolute atomic E-state index is 9.69. The minimum absolute atomic E-state index is 0.344. The van der Waals surface area contributed by atoms with E-state index in [4.69, 9.17) is 0 Å². The molecule has 0 unspecified atom stereocenters. The summed E-state index contributed by atoms with van der Waals surface area (Å²) in [6, 6.07) is 8.10. The Morgan fingerprint density at radius 1 is 1.31 bits per heavy atom. The molecule has 0 saturated heterocycles. The van der Waals surface area contributed by atoms with E-state index in [0.29, 0.717) is 0 Å². The summed E-state index contributed by atoms with van der Waals surface area (Å²) < 4.78 is 0. The van der Waals surface area contributed by atoms with E-state index < -0.39 is 0 Å². The van der Waals surface area contributed by atoms with Crippen molar-refractivity contribution in [2.45, 2.75) is 26.4 Å². The van der Waals surface area contributed by atoms with Gasteiger partial charge in [-0.25, -0.2) is 0 Å². The molecule has 2 nitrogen and oxygen atoms in total. The fourth-order valence-electron chi connectivity index (χ4n) is 1.72. The molecule has 16 heavy (non-hydrogen) atoms. The molecule has 1 rings (SSSR count). The number of aliphatic hydroxyl groups is 1. The molecule has 0 aliphatic heterocycles. The highest BCUT2D eigenvalue weighted by molar-refractivity contribution is 5.48. The molecule has 0 aliphatic carbocycles. The van der Waals surface area contributed by atoms with E-state index in [1.54, 1.807) is 0 Å². The summed E-state index contributed by atoms with van der Waals surface area (Å²) in [7, 11) is 0. The molecule has 0 spiro atoms. The normalized spacial score (nSPS) is 12.2. The number of hydrogen-bond donors (Lipinski definition) is 1. The number of aliphatic hydroxyl groups excluding tert-OH is 1. The van der Waals surface area contributed by atoms with Gasteiger partial charge in [-0.15, -0.1) is 6.58 Å². The Balaban J connectivity index is 2.80. The van der Waals surface area contributed by atoms with Crippen LogP contribution in [0.1, 0.15) is 31.9 Å². The molecule has 88 valence electrons. The third-order valence-electron chi connectivity index (χ3n) is 2.76. The predicted molar refractivity (Wildman–Crippen MR) is 69.8 cm³/mol. The topological polar surface area (TPSA) is 23.5 Å². The molecule has 0 aromatic heterocycles. The van der Waals surface area contributed by atoms with E-state index in [-0.39, 0.29) is 6.10 Å². The molecule has 0 saturated carbocycles. The second-order valence-corrected chi connectivity index (χ2v) is 3.84. The molecule has 0 bridgehead atoms. The van der Waals surface area contributed by atoms with Crippen LogP contribution in [0, 0.1) is 0 Å². The van der Waals surface area contributed by atoms with Gasteiger partial charge in [0.1, 0.15) is 0 Å². The van der Waals surface area contributed by atoms with Gasteiger partial charge < -0.3 is 10.0 Å². The summed E-state index contributed by atoms with van der Waals surface area (Å²) >= 11 is 0. The van der Waals surface area contributed by atoms with Gasteiger partial charge in [0.2, 0.25) is 0 Å². The highest BCUT2D eigenvalue weighted by atomic mass is 16.3. The van der Waals surface area contributed by atoms with Crippen molar-refractivity contribution in [3.8, 4) is 0 Å². The first kappa shape index (κ1) is 12.8. The van der Waals surface area contributed by atoms with Crippen LogP contribution in [0.4, 0.5) is 5.69 Å². The first-order valence-corrected chi connectivity index (χ1v) is 5.86. The van der Waals surface area contributed by atoms with E-state index in [2.05, 4.69) is 30.5 Å². The molecule has 0 amide bonds. The Morgan fingerprint density at radius 3 is 2.38 bits per heavy atom. The van der Waals surface area contributed by atoms with Crippen LogP contribution in [0.15, 0.2) is 36.9 Å². The summed E-state index contributed by atoms with van der Waals surface area (Å²) in [5.74, 6) is 0. The van der Waals surface area contributed by atoms with Crippen molar-refractivity contribution in [3.63, 3.8) is 0 Å². The Bertz CT molecular complexity index is 318. The van der Waals surface area contributed by atoms with Crippen molar-refractivity contribution >= 4 is 5.69 Å². The average molecular weight is 219 g/mol. The Labute approximate surface area is 98.2 Å². The third kappa shape index (κ3) is 3.11. The van der Waals surface area contributed by atoms with Crippen LogP contribution in [0.5, 0.6) is 0 Å². The summed E-state index contributed by atoms with van der Waals surface area (Å²) in [5, 5.41) is 9.69. The van der Waals surface area contributed by atoms with Gasteiger partial charge in [0.15, 0.2) is 0 Å². The predicted octanol–water partition coefficient (Wildman–Crippen LogP) is 3.14.